The summed E-state index contributed by atoms with van der Waals surface area (Å²) in [4.78, 5) is 2.23. The highest BCUT2D eigenvalue weighted by Crippen LogP contribution is 2.48. The number of hydrogen-bond donors (Lipinski definition) is 1. The normalized spacial score (nSPS) is 12.4. The first-order valence-electron chi connectivity index (χ1n) is 5.19. The molecule has 2 aromatic rings. The molecule has 0 aromatic heterocycles. The van der Waals surface area contributed by atoms with Crippen molar-refractivity contribution in [3.05, 3.63) is 41.4 Å². The summed E-state index contributed by atoms with van der Waals surface area (Å²) in [6.45, 7) is 0. The van der Waals surface area contributed by atoms with Crippen molar-refractivity contribution in [2.24, 2.45) is 0 Å². The zero-order valence-corrected chi connectivity index (χ0v) is 10.7. The first kappa shape index (κ1) is 10.8. The number of halogens is 1. The zero-order chi connectivity index (χ0) is 11.8. The van der Waals surface area contributed by atoms with Crippen LogP contribution in [0.25, 0.3) is 0 Å². The van der Waals surface area contributed by atoms with Crippen LogP contribution in [0.1, 0.15) is 0 Å². The number of rotatable bonds is 1. The zero-order valence-electron chi connectivity index (χ0n) is 9.16. The number of para-hydroxylation sites is 1. The molecule has 2 aromatic carbocycles. The SMILES string of the molecule is COc1cc(Cl)c2c(c1)Nc1ccccc1S2. The fourth-order valence-corrected chi connectivity index (χ4v) is 3.09. The van der Waals surface area contributed by atoms with Crippen LogP contribution in [0.15, 0.2) is 46.2 Å². The fourth-order valence-electron chi connectivity index (χ4n) is 1.80. The maximum absolute atomic E-state index is 6.25. The number of ether oxygens (including phenoxy) is 1. The van der Waals surface area contributed by atoms with Gasteiger partial charge in [-0.15, -0.1) is 0 Å². The van der Waals surface area contributed by atoms with E-state index in [1.54, 1.807) is 18.9 Å². The highest BCUT2D eigenvalue weighted by molar-refractivity contribution is 7.99. The lowest BCUT2D eigenvalue weighted by Crippen LogP contribution is -2.00. The molecule has 4 heteroatoms. The standard InChI is InChI=1S/C13H10ClNOS/c1-16-8-6-9(14)13-11(7-8)15-10-4-2-3-5-12(10)17-13/h2-7,15H,1H3. The molecular formula is C13H10ClNOS. The Kier molecular flexibility index (Phi) is 2.65. The first-order valence-corrected chi connectivity index (χ1v) is 6.39. The van der Waals surface area contributed by atoms with Gasteiger partial charge in [-0.1, -0.05) is 35.5 Å². The van der Waals surface area contributed by atoms with Gasteiger partial charge in [0.1, 0.15) is 5.75 Å². The predicted molar refractivity (Wildman–Crippen MR) is 71.9 cm³/mol. The maximum atomic E-state index is 6.25. The molecule has 0 spiro atoms. The molecular weight excluding hydrogens is 254 g/mol. The molecule has 0 radical (unpaired) electrons. The third kappa shape index (κ3) is 1.85. The van der Waals surface area contributed by atoms with Gasteiger partial charge in [-0.25, -0.2) is 0 Å². The van der Waals surface area contributed by atoms with Gasteiger partial charge in [0.15, 0.2) is 0 Å². The molecule has 0 amide bonds. The maximum Gasteiger partial charge on any atom is 0.122 e. The Hall–Kier alpha value is -1.32. The van der Waals surface area contributed by atoms with E-state index < -0.39 is 0 Å². The van der Waals surface area contributed by atoms with Crippen molar-refractivity contribution in [1.82, 2.24) is 0 Å². The summed E-state index contributed by atoms with van der Waals surface area (Å²) in [6.07, 6.45) is 0. The second kappa shape index (κ2) is 4.17. The van der Waals surface area contributed by atoms with Crippen LogP contribution in [0.2, 0.25) is 5.02 Å². The van der Waals surface area contributed by atoms with Crippen LogP contribution < -0.4 is 10.1 Å². The lowest BCUT2D eigenvalue weighted by Gasteiger charge is -2.22. The van der Waals surface area contributed by atoms with E-state index in [0.717, 1.165) is 22.0 Å². The highest BCUT2D eigenvalue weighted by Gasteiger charge is 2.18. The fraction of sp³-hybridized carbons (Fsp3) is 0.0769. The van der Waals surface area contributed by atoms with Crippen molar-refractivity contribution in [2.45, 2.75) is 9.79 Å². The lowest BCUT2D eigenvalue weighted by atomic mass is 10.2. The predicted octanol–water partition coefficient (Wildman–Crippen LogP) is 4.56. The molecule has 0 bridgehead atoms. The molecule has 0 saturated heterocycles. The van der Waals surface area contributed by atoms with Crippen LogP contribution in [0, 0.1) is 0 Å². The van der Waals surface area contributed by atoms with Crippen LogP contribution in [-0.2, 0) is 0 Å². The highest BCUT2D eigenvalue weighted by atomic mass is 35.5. The minimum absolute atomic E-state index is 0.714. The quantitative estimate of drug-likeness (QED) is 0.696. The molecule has 17 heavy (non-hydrogen) atoms. The van der Waals surface area contributed by atoms with Gasteiger partial charge in [0.25, 0.3) is 0 Å². The van der Waals surface area contributed by atoms with E-state index in [0.29, 0.717) is 5.02 Å². The van der Waals surface area contributed by atoms with Gasteiger partial charge in [-0.3, -0.25) is 0 Å². The van der Waals surface area contributed by atoms with Crippen LogP contribution in [0.3, 0.4) is 0 Å². The average Bonchev–Trinajstić information content (AvgIpc) is 2.36. The third-order valence-electron chi connectivity index (χ3n) is 2.62. The van der Waals surface area contributed by atoms with E-state index in [2.05, 4.69) is 17.4 Å². The van der Waals surface area contributed by atoms with Gasteiger partial charge in [0, 0.05) is 17.0 Å². The van der Waals surface area contributed by atoms with Crippen LogP contribution in [0.5, 0.6) is 5.75 Å². The Labute approximate surface area is 109 Å². The summed E-state index contributed by atoms with van der Waals surface area (Å²) < 4.78 is 5.22. The minimum atomic E-state index is 0.714. The van der Waals surface area contributed by atoms with E-state index in [1.165, 1.54) is 4.90 Å². The topological polar surface area (TPSA) is 21.3 Å². The van der Waals surface area contributed by atoms with E-state index in [-0.39, 0.29) is 0 Å². The van der Waals surface area contributed by atoms with Gasteiger partial charge in [0.05, 0.1) is 28.4 Å². The lowest BCUT2D eigenvalue weighted by molar-refractivity contribution is 0.415. The number of methoxy groups -OCH3 is 1. The molecule has 0 fully saturated rings. The third-order valence-corrected chi connectivity index (χ3v) is 4.25. The summed E-state index contributed by atoms with van der Waals surface area (Å²) >= 11 is 7.93. The van der Waals surface area contributed by atoms with Gasteiger partial charge >= 0.3 is 0 Å². The summed E-state index contributed by atoms with van der Waals surface area (Å²) in [6, 6.07) is 12.0. The van der Waals surface area contributed by atoms with E-state index in [9.17, 15) is 0 Å². The van der Waals surface area contributed by atoms with Crippen molar-refractivity contribution in [1.29, 1.82) is 0 Å². The monoisotopic (exact) mass is 263 g/mol. The van der Waals surface area contributed by atoms with E-state index >= 15 is 0 Å². The number of benzene rings is 2. The molecule has 1 N–H and O–H groups in total. The molecule has 3 rings (SSSR count). The van der Waals surface area contributed by atoms with Crippen molar-refractivity contribution >= 4 is 34.7 Å². The number of nitrogens with one attached hydrogen (secondary N) is 1. The molecule has 0 aliphatic carbocycles. The number of hydrogen-bond acceptors (Lipinski definition) is 3. The average molecular weight is 264 g/mol. The largest absolute Gasteiger partial charge is 0.497 e. The van der Waals surface area contributed by atoms with E-state index in [1.807, 2.05) is 24.3 Å². The molecule has 1 aliphatic heterocycles. The molecule has 0 unspecified atom stereocenters. The summed E-state index contributed by atoms with van der Waals surface area (Å²) in [5.74, 6) is 0.765. The Bertz CT molecular complexity index is 586. The van der Waals surface area contributed by atoms with Crippen molar-refractivity contribution < 1.29 is 4.74 Å². The summed E-state index contributed by atoms with van der Waals surface area (Å²) in [5, 5.41) is 4.08. The molecule has 1 heterocycles. The Morgan fingerprint density at radius 3 is 2.82 bits per heavy atom. The molecule has 86 valence electrons. The summed E-state index contributed by atoms with van der Waals surface area (Å²) in [5.41, 5.74) is 2.10. The van der Waals surface area contributed by atoms with Gasteiger partial charge in [-0.05, 0) is 12.1 Å². The molecule has 0 atom stereocenters. The van der Waals surface area contributed by atoms with Crippen molar-refractivity contribution in [3.8, 4) is 5.75 Å². The van der Waals surface area contributed by atoms with Gasteiger partial charge in [0.2, 0.25) is 0 Å². The van der Waals surface area contributed by atoms with Gasteiger partial charge < -0.3 is 10.1 Å². The Morgan fingerprint density at radius 1 is 1.18 bits per heavy atom. The van der Waals surface area contributed by atoms with Crippen LogP contribution in [-0.4, -0.2) is 7.11 Å². The van der Waals surface area contributed by atoms with Crippen molar-refractivity contribution in [2.75, 3.05) is 12.4 Å². The molecule has 2 nitrogen and oxygen atoms in total. The second-order valence-corrected chi connectivity index (χ2v) is 5.17. The number of fused-ring (bicyclic) bond motifs is 2. The Morgan fingerprint density at radius 2 is 2.00 bits per heavy atom. The van der Waals surface area contributed by atoms with Crippen LogP contribution >= 0.6 is 23.4 Å². The van der Waals surface area contributed by atoms with E-state index in [4.69, 9.17) is 16.3 Å². The first-order chi connectivity index (χ1) is 8.28. The summed E-state index contributed by atoms with van der Waals surface area (Å²) in [7, 11) is 1.64. The molecule has 0 saturated carbocycles. The second-order valence-electron chi connectivity index (χ2n) is 3.71. The number of anilines is 2. The van der Waals surface area contributed by atoms with Crippen LogP contribution in [0.4, 0.5) is 11.4 Å². The minimum Gasteiger partial charge on any atom is -0.497 e. The molecule has 1 aliphatic rings. The Balaban J connectivity index is 2.11. The van der Waals surface area contributed by atoms with Crippen molar-refractivity contribution in [3.63, 3.8) is 0 Å². The van der Waals surface area contributed by atoms with Gasteiger partial charge in [-0.2, -0.15) is 0 Å². The smallest absolute Gasteiger partial charge is 0.122 e.